The molecule has 0 bridgehead atoms. The predicted molar refractivity (Wildman–Crippen MR) is 96.6 cm³/mol. The van der Waals surface area contributed by atoms with Crippen LogP contribution in [0.1, 0.15) is 12.2 Å². The highest BCUT2D eigenvalue weighted by Crippen LogP contribution is 2.35. The zero-order valence-electron chi connectivity index (χ0n) is 14.2. The molecule has 4 heterocycles. The lowest BCUT2D eigenvalue weighted by Crippen LogP contribution is -2.01. The first-order valence-electron chi connectivity index (χ1n) is 8.56. The summed E-state index contributed by atoms with van der Waals surface area (Å²) < 4.78 is 17.2. The van der Waals surface area contributed by atoms with Gasteiger partial charge in [0.15, 0.2) is 11.5 Å². The van der Waals surface area contributed by atoms with Gasteiger partial charge < -0.3 is 10.4 Å². The molecule has 0 aliphatic carbocycles. The van der Waals surface area contributed by atoms with E-state index in [4.69, 9.17) is 10.8 Å². The molecule has 8 nitrogen and oxygen atoms in total. The van der Waals surface area contributed by atoms with Gasteiger partial charge in [-0.1, -0.05) is 5.22 Å². The van der Waals surface area contributed by atoms with Gasteiger partial charge in [-0.2, -0.15) is 5.10 Å². The Morgan fingerprint density at radius 1 is 1.07 bits per heavy atom. The van der Waals surface area contributed by atoms with Crippen molar-refractivity contribution in [2.75, 3.05) is 0 Å². The number of rotatable bonds is 3. The Labute approximate surface area is 153 Å². The molecule has 4 aromatic rings. The van der Waals surface area contributed by atoms with Crippen LogP contribution >= 0.6 is 0 Å². The van der Waals surface area contributed by atoms with E-state index in [-0.39, 0.29) is 5.82 Å². The van der Waals surface area contributed by atoms with Crippen molar-refractivity contribution in [1.29, 1.82) is 0 Å². The van der Waals surface area contributed by atoms with Gasteiger partial charge in [-0.05, 0) is 42.8 Å². The summed E-state index contributed by atoms with van der Waals surface area (Å²) in [5.41, 5.74) is 3.99. The maximum atomic E-state index is 13.4. The van der Waals surface area contributed by atoms with E-state index < -0.39 is 0 Å². The van der Waals surface area contributed by atoms with E-state index in [0.717, 1.165) is 47.9 Å². The maximum Gasteiger partial charge on any atom is 0.196 e. The van der Waals surface area contributed by atoms with Crippen LogP contribution in [0.15, 0.2) is 52.9 Å². The monoisotopic (exact) mass is 362 g/mol. The summed E-state index contributed by atoms with van der Waals surface area (Å²) in [5, 5.41) is 11.7. The number of hydrogen-bond donors (Lipinski definition) is 1. The van der Waals surface area contributed by atoms with Crippen LogP contribution in [-0.4, -0.2) is 24.1 Å². The molecule has 1 aromatic carbocycles. The molecule has 3 aromatic heterocycles. The van der Waals surface area contributed by atoms with Crippen molar-refractivity contribution in [2.45, 2.75) is 19.4 Å². The molecule has 2 N–H and O–H groups in total. The summed E-state index contributed by atoms with van der Waals surface area (Å²) >= 11 is 0. The molecule has 0 amide bonds. The zero-order chi connectivity index (χ0) is 18.4. The molecular formula is C18H15FN8. The van der Waals surface area contributed by atoms with Gasteiger partial charge in [0.2, 0.25) is 0 Å². The summed E-state index contributed by atoms with van der Waals surface area (Å²) in [6, 6.07) is 10.1. The fourth-order valence-corrected chi connectivity index (χ4v) is 3.50. The van der Waals surface area contributed by atoms with Crippen molar-refractivity contribution in [1.82, 2.24) is 24.1 Å². The number of aromatic nitrogens is 5. The lowest BCUT2D eigenvalue weighted by atomic mass is 10.1. The number of benzene rings is 1. The number of aryl methyl sites for hydroxylation is 1. The fourth-order valence-electron chi connectivity index (χ4n) is 3.50. The molecule has 5 rings (SSSR count). The Balaban J connectivity index is 1.70. The van der Waals surface area contributed by atoms with Gasteiger partial charge in [0.25, 0.3) is 0 Å². The van der Waals surface area contributed by atoms with Crippen molar-refractivity contribution in [3.63, 3.8) is 0 Å². The van der Waals surface area contributed by atoms with Gasteiger partial charge in [-0.3, -0.25) is 0 Å². The topological polar surface area (TPSA) is 98.7 Å². The van der Waals surface area contributed by atoms with Crippen LogP contribution < -0.4 is 5.84 Å². The number of hydrogen-bond acceptors (Lipinski definition) is 5. The molecule has 0 unspecified atom stereocenters. The Kier molecular flexibility index (Phi) is 3.46. The molecule has 0 saturated heterocycles. The van der Waals surface area contributed by atoms with Crippen molar-refractivity contribution < 1.29 is 4.39 Å². The molecule has 9 heteroatoms. The minimum absolute atomic E-state index is 0.272. The minimum Gasteiger partial charge on any atom is -0.326 e. The molecule has 0 radical (unpaired) electrons. The van der Waals surface area contributed by atoms with Gasteiger partial charge in [0.05, 0.1) is 17.6 Å². The lowest BCUT2D eigenvalue weighted by molar-refractivity contribution is 0.628. The first-order valence-corrected chi connectivity index (χ1v) is 8.56. The Morgan fingerprint density at radius 2 is 1.93 bits per heavy atom. The Bertz CT molecular complexity index is 1170. The van der Waals surface area contributed by atoms with Gasteiger partial charge in [0.1, 0.15) is 17.3 Å². The first kappa shape index (κ1) is 15.6. The van der Waals surface area contributed by atoms with Crippen molar-refractivity contribution in [2.24, 2.45) is 16.2 Å². The molecule has 0 saturated carbocycles. The highest BCUT2D eigenvalue weighted by molar-refractivity contribution is 5.77. The fraction of sp³-hybridized carbons (Fsp3) is 0.167. The quantitative estimate of drug-likeness (QED) is 0.343. The van der Waals surface area contributed by atoms with E-state index in [1.165, 1.54) is 12.1 Å². The molecule has 0 fully saturated rings. The smallest absolute Gasteiger partial charge is 0.196 e. The molecule has 1 aliphatic heterocycles. The average molecular weight is 362 g/mol. The van der Waals surface area contributed by atoms with Crippen LogP contribution in [-0.2, 0) is 13.0 Å². The molecule has 134 valence electrons. The molecule has 0 atom stereocenters. The third-order valence-electron chi connectivity index (χ3n) is 4.66. The van der Waals surface area contributed by atoms with Gasteiger partial charge in [-0.15, -0.1) is 5.11 Å². The first-order chi connectivity index (χ1) is 13.2. The number of imidazole rings is 2. The number of nitrogens with zero attached hydrogens (tertiary/aromatic N) is 7. The van der Waals surface area contributed by atoms with E-state index in [2.05, 4.69) is 25.0 Å². The number of halogens is 1. The third kappa shape index (κ3) is 2.55. The highest BCUT2D eigenvalue weighted by atomic mass is 19.1. The second-order valence-electron chi connectivity index (χ2n) is 6.32. The standard InChI is InChI=1S/C18H15FN8/c19-12-5-3-11(4-6-12)17-18(26-9-1-2-15(26)22-17)13-7-8-16-21-14(23-25-20)10-27(16)24-13/h3-8,10H,1-2,9H2,(H2,20,23). The average Bonchev–Trinajstić information content (AvgIpc) is 3.35. The second kappa shape index (κ2) is 5.97. The molecule has 0 spiro atoms. The molecule has 27 heavy (non-hydrogen) atoms. The number of nitrogens with two attached hydrogens (primary N) is 1. The van der Waals surface area contributed by atoms with Gasteiger partial charge >= 0.3 is 0 Å². The number of fused-ring (bicyclic) bond motifs is 2. The van der Waals surface area contributed by atoms with E-state index in [0.29, 0.717) is 11.5 Å². The van der Waals surface area contributed by atoms with Crippen LogP contribution in [0.3, 0.4) is 0 Å². The lowest BCUT2D eigenvalue weighted by Gasteiger charge is -2.08. The predicted octanol–water partition coefficient (Wildman–Crippen LogP) is 3.30. The minimum atomic E-state index is -0.272. The zero-order valence-corrected chi connectivity index (χ0v) is 14.2. The Morgan fingerprint density at radius 3 is 2.74 bits per heavy atom. The van der Waals surface area contributed by atoms with E-state index in [1.54, 1.807) is 22.8 Å². The molecule has 1 aliphatic rings. The summed E-state index contributed by atoms with van der Waals surface area (Å²) in [5.74, 6) is 6.24. The summed E-state index contributed by atoms with van der Waals surface area (Å²) in [6.45, 7) is 0.884. The van der Waals surface area contributed by atoms with E-state index in [1.807, 2.05) is 12.1 Å². The van der Waals surface area contributed by atoms with Crippen molar-refractivity contribution in [3.05, 3.63) is 54.2 Å². The highest BCUT2D eigenvalue weighted by Gasteiger charge is 2.24. The maximum absolute atomic E-state index is 13.4. The van der Waals surface area contributed by atoms with Crippen LogP contribution in [0.5, 0.6) is 0 Å². The van der Waals surface area contributed by atoms with Crippen LogP contribution in [0, 0.1) is 5.82 Å². The summed E-state index contributed by atoms with van der Waals surface area (Å²) in [7, 11) is 0. The second-order valence-corrected chi connectivity index (χ2v) is 6.32. The van der Waals surface area contributed by atoms with Crippen molar-refractivity contribution in [3.8, 4) is 22.6 Å². The Hall–Kier alpha value is -3.62. The normalized spacial score (nSPS) is 13.7. The largest absolute Gasteiger partial charge is 0.326 e. The summed E-state index contributed by atoms with van der Waals surface area (Å²) in [6.07, 6.45) is 3.63. The van der Waals surface area contributed by atoms with Gasteiger partial charge in [-0.25, -0.2) is 18.9 Å². The van der Waals surface area contributed by atoms with Gasteiger partial charge in [0, 0.05) is 18.5 Å². The van der Waals surface area contributed by atoms with Crippen molar-refractivity contribution >= 4 is 11.5 Å². The SMILES string of the molecule is NN=Nc1cn2nc(-c3c(-c4ccc(F)cc4)nc4n3CCC4)ccc2n1. The van der Waals surface area contributed by atoms with Crippen LogP contribution in [0.2, 0.25) is 0 Å². The molecular weight excluding hydrogens is 347 g/mol. The van der Waals surface area contributed by atoms with Crippen LogP contribution in [0.4, 0.5) is 10.2 Å². The third-order valence-corrected chi connectivity index (χ3v) is 4.66. The van der Waals surface area contributed by atoms with Crippen LogP contribution in [0.25, 0.3) is 28.3 Å². The summed E-state index contributed by atoms with van der Waals surface area (Å²) in [4.78, 5) is 9.09. The van der Waals surface area contributed by atoms with E-state index >= 15 is 0 Å². The van der Waals surface area contributed by atoms with E-state index in [9.17, 15) is 4.39 Å².